The van der Waals surface area contributed by atoms with Gasteiger partial charge in [-0.25, -0.2) is 4.39 Å². The van der Waals surface area contributed by atoms with E-state index in [-0.39, 0.29) is 28.4 Å². The molecule has 0 bridgehead atoms. The van der Waals surface area contributed by atoms with Gasteiger partial charge in [0.1, 0.15) is 18.6 Å². The molecule has 0 unspecified atom stereocenters. The topological polar surface area (TPSA) is 124 Å². The van der Waals surface area contributed by atoms with Gasteiger partial charge in [0.2, 0.25) is 5.43 Å². The Morgan fingerprint density at radius 3 is 3.03 bits per heavy atom. The van der Waals surface area contributed by atoms with Crippen LogP contribution in [0.5, 0.6) is 5.75 Å². The number of pyridine rings is 2. The van der Waals surface area contributed by atoms with Crippen molar-refractivity contribution in [2.45, 2.75) is 25.8 Å². The molecular weight excluding hydrogens is 413 g/mol. The Balaban J connectivity index is 1.57. The van der Waals surface area contributed by atoms with Gasteiger partial charge in [-0.3, -0.25) is 9.78 Å². The van der Waals surface area contributed by atoms with E-state index in [0.717, 1.165) is 18.5 Å². The number of halogens is 1. The molecule has 4 aromatic rings. The van der Waals surface area contributed by atoms with Gasteiger partial charge in [-0.15, -0.1) is 10.2 Å². The summed E-state index contributed by atoms with van der Waals surface area (Å²) in [4.78, 5) is 20.4. The monoisotopic (exact) mass is 435 g/mol. The summed E-state index contributed by atoms with van der Waals surface area (Å²) in [5.41, 5.74) is 7.41. The molecule has 0 saturated heterocycles. The van der Waals surface area contributed by atoms with Crippen LogP contribution in [0.15, 0.2) is 41.7 Å². The third kappa shape index (κ3) is 3.24. The maximum Gasteiger partial charge on any atom is 0.202 e. The van der Waals surface area contributed by atoms with Crippen LogP contribution in [-0.4, -0.2) is 37.9 Å². The highest BCUT2D eigenvalue weighted by Crippen LogP contribution is 2.43. The van der Waals surface area contributed by atoms with Gasteiger partial charge in [-0.2, -0.15) is 0 Å². The Hall–Kier alpha value is -3.95. The molecule has 0 spiro atoms. The molecule has 1 aliphatic heterocycles. The van der Waals surface area contributed by atoms with E-state index >= 15 is 4.39 Å². The molecule has 4 N–H and O–H groups in total. The van der Waals surface area contributed by atoms with Crippen LogP contribution in [0.2, 0.25) is 0 Å². The van der Waals surface area contributed by atoms with Crippen molar-refractivity contribution in [2.24, 2.45) is 0 Å². The predicted molar refractivity (Wildman–Crippen MR) is 119 cm³/mol. The lowest BCUT2D eigenvalue weighted by molar-refractivity contribution is 0.248. The van der Waals surface area contributed by atoms with Crippen molar-refractivity contribution in [3.8, 4) is 17.1 Å². The number of ether oxygens (including phenoxy) is 1. The second-order valence-corrected chi connectivity index (χ2v) is 7.78. The van der Waals surface area contributed by atoms with Crippen molar-refractivity contribution in [3.63, 3.8) is 0 Å². The minimum Gasteiger partial charge on any atom is -0.487 e. The average molecular weight is 435 g/mol. The average Bonchev–Trinajstić information content (AvgIpc) is 3.34. The minimum absolute atomic E-state index is 0.0805. The van der Waals surface area contributed by atoms with Crippen molar-refractivity contribution in [3.05, 3.63) is 58.7 Å². The van der Waals surface area contributed by atoms with Crippen LogP contribution in [0, 0.1) is 5.82 Å². The number of rotatable bonds is 6. The molecule has 32 heavy (non-hydrogen) atoms. The van der Waals surface area contributed by atoms with Crippen LogP contribution in [0.3, 0.4) is 0 Å². The fourth-order valence-corrected chi connectivity index (χ4v) is 4.04. The van der Waals surface area contributed by atoms with Crippen LogP contribution in [0.1, 0.15) is 25.1 Å². The van der Waals surface area contributed by atoms with Crippen molar-refractivity contribution in [1.29, 1.82) is 0 Å². The maximum atomic E-state index is 15.4. The van der Waals surface area contributed by atoms with E-state index in [2.05, 4.69) is 25.5 Å². The summed E-state index contributed by atoms with van der Waals surface area (Å²) in [5.74, 6) is -0.0976. The fourth-order valence-electron chi connectivity index (χ4n) is 4.04. The summed E-state index contributed by atoms with van der Waals surface area (Å²) in [6.07, 6.45) is 6.31. The molecule has 5 rings (SSSR count). The Morgan fingerprint density at radius 1 is 1.41 bits per heavy atom. The first kappa shape index (κ1) is 20.0. The van der Waals surface area contributed by atoms with Crippen molar-refractivity contribution < 1.29 is 9.13 Å². The first-order valence-electron chi connectivity index (χ1n) is 10.4. The van der Waals surface area contributed by atoms with E-state index in [4.69, 9.17) is 10.5 Å². The van der Waals surface area contributed by atoms with Crippen LogP contribution < -0.4 is 21.2 Å². The number of hydrogen-bond donors (Lipinski definition) is 3. The number of nitrogens with one attached hydrogen (secondary N) is 2. The fraction of sp³-hybridized carbons (Fsp3) is 0.273. The van der Waals surface area contributed by atoms with E-state index in [9.17, 15) is 4.79 Å². The summed E-state index contributed by atoms with van der Waals surface area (Å²) < 4.78 is 23.2. The lowest BCUT2D eigenvalue weighted by Crippen LogP contribution is -2.26. The number of aromatic nitrogens is 5. The highest BCUT2D eigenvalue weighted by Gasteiger charge is 2.30. The van der Waals surface area contributed by atoms with E-state index < -0.39 is 11.2 Å². The van der Waals surface area contributed by atoms with Gasteiger partial charge in [0.25, 0.3) is 0 Å². The Kier molecular flexibility index (Phi) is 4.96. The molecule has 1 aromatic carbocycles. The highest BCUT2D eigenvalue weighted by molar-refractivity contribution is 6.01. The van der Waals surface area contributed by atoms with Crippen LogP contribution in [0.4, 0.5) is 15.8 Å². The number of aromatic amines is 1. The van der Waals surface area contributed by atoms with Gasteiger partial charge < -0.3 is 25.3 Å². The second-order valence-electron chi connectivity index (χ2n) is 7.78. The number of nitrogens with two attached hydrogens (primary N) is 1. The maximum absolute atomic E-state index is 15.4. The Bertz CT molecular complexity index is 1340. The molecule has 3 aromatic heterocycles. The third-order valence-electron chi connectivity index (χ3n) is 5.66. The van der Waals surface area contributed by atoms with Crippen molar-refractivity contribution >= 4 is 22.3 Å². The first-order valence-corrected chi connectivity index (χ1v) is 10.4. The van der Waals surface area contributed by atoms with E-state index in [1.54, 1.807) is 12.4 Å². The molecule has 1 aliphatic rings. The van der Waals surface area contributed by atoms with Crippen molar-refractivity contribution in [1.82, 2.24) is 24.7 Å². The van der Waals surface area contributed by atoms with Gasteiger partial charge >= 0.3 is 0 Å². The standard InChI is InChI=1S/C22H22FN7O2/c1-12-10-32-21-18(26-8-4-6-13-5-2-3-7-25-13)16(23)17(24)15-19(21)30(12)9-14(20(15)31)22-27-11-28-29-22/h2-3,5,7,9,11-12,26H,4,6,8,10,24H2,1H3,(H,27,28,29)/t12-/m0/s1. The molecule has 0 fully saturated rings. The zero-order valence-electron chi connectivity index (χ0n) is 17.4. The summed E-state index contributed by atoms with van der Waals surface area (Å²) in [6.45, 7) is 2.77. The van der Waals surface area contributed by atoms with Gasteiger partial charge in [0, 0.05) is 24.6 Å². The van der Waals surface area contributed by atoms with Gasteiger partial charge in [0.05, 0.1) is 28.2 Å². The van der Waals surface area contributed by atoms with Crippen molar-refractivity contribution in [2.75, 3.05) is 24.2 Å². The number of benzene rings is 1. The molecule has 164 valence electrons. The second kappa shape index (κ2) is 7.95. The van der Waals surface area contributed by atoms with Crippen LogP contribution in [-0.2, 0) is 6.42 Å². The lowest BCUT2D eigenvalue weighted by Gasteiger charge is -2.29. The molecule has 9 nitrogen and oxygen atoms in total. The number of aryl methyl sites for hydroxylation is 1. The number of anilines is 2. The molecule has 1 atom stereocenters. The zero-order chi connectivity index (χ0) is 22.2. The molecule has 0 saturated carbocycles. The molecule has 0 aliphatic carbocycles. The van der Waals surface area contributed by atoms with E-state index in [1.165, 1.54) is 6.33 Å². The quantitative estimate of drug-likeness (QED) is 0.314. The summed E-state index contributed by atoms with van der Waals surface area (Å²) in [5, 5.41) is 10.9. The number of hydrogen-bond acceptors (Lipinski definition) is 7. The van der Waals surface area contributed by atoms with Crippen LogP contribution in [0.25, 0.3) is 22.3 Å². The smallest absolute Gasteiger partial charge is 0.202 e. The van der Waals surface area contributed by atoms with E-state index in [1.807, 2.05) is 29.7 Å². The number of H-pyrrole nitrogens is 1. The van der Waals surface area contributed by atoms with Gasteiger partial charge in [-0.05, 0) is 31.9 Å². The minimum atomic E-state index is -0.696. The molecule has 0 radical (unpaired) electrons. The first-order chi connectivity index (χ1) is 15.6. The normalized spacial score (nSPS) is 15.0. The summed E-state index contributed by atoms with van der Waals surface area (Å²) in [7, 11) is 0. The third-order valence-corrected chi connectivity index (χ3v) is 5.66. The largest absolute Gasteiger partial charge is 0.487 e. The SMILES string of the molecule is C[C@H]1COc2c(NCCCc3ccccn3)c(F)c(N)c3c(=O)c(-c4nnc[nH]4)cn1c23. The Morgan fingerprint density at radius 2 is 2.28 bits per heavy atom. The zero-order valence-corrected chi connectivity index (χ0v) is 17.4. The molecule has 0 amide bonds. The predicted octanol–water partition coefficient (Wildman–Crippen LogP) is 2.90. The Labute approximate surface area is 182 Å². The molecule has 4 heterocycles. The number of nitrogens with zero attached hydrogens (tertiary/aromatic N) is 4. The molecular formula is C22H22FN7O2. The van der Waals surface area contributed by atoms with Crippen LogP contribution >= 0.6 is 0 Å². The lowest BCUT2D eigenvalue weighted by atomic mass is 10.0. The highest BCUT2D eigenvalue weighted by atomic mass is 19.1. The summed E-state index contributed by atoms with van der Waals surface area (Å²) >= 11 is 0. The number of nitrogen functional groups attached to an aromatic ring is 1. The summed E-state index contributed by atoms with van der Waals surface area (Å²) in [6, 6.07) is 5.67. The molecule has 10 heteroatoms. The van der Waals surface area contributed by atoms with Gasteiger partial charge in [-0.1, -0.05) is 6.07 Å². The van der Waals surface area contributed by atoms with E-state index in [0.29, 0.717) is 30.2 Å². The van der Waals surface area contributed by atoms with Gasteiger partial charge in [0.15, 0.2) is 17.4 Å².